The Morgan fingerprint density at radius 1 is 1.36 bits per heavy atom. The molecule has 0 saturated carbocycles. The van der Waals surface area contributed by atoms with Crippen molar-refractivity contribution in [2.24, 2.45) is 0 Å². The van der Waals surface area contributed by atoms with Crippen molar-refractivity contribution in [3.05, 3.63) is 40.6 Å². The number of benzene rings is 1. The number of hydrogen-bond acceptors (Lipinski definition) is 4. The van der Waals surface area contributed by atoms with Crippen LogP contribution in [-0.4, -0.2) is 10.9 Å². The van der Waals surface area contributed by atoms with E-state index in [-0.39, 0.29) is 5.91 Å². The van der Waals surface area contributed by atoms with Crippen molar-refractivity contribution in [3.8, 4) is 0 Å². The fraction of sp³-hybridized carbons (Fsp3) is 0.375. The van der Waals surface area contributed by atoms with Crippen molar-refractivity contribution in [2.75, 3.05) is 10.6 Å². The van der Waals surface area contributed by atoms with E-state index in [1.807, 2.05) is 20.8 Å². The summed E-state index contributed by atoms with van der Waals surface area (Å²) >= 11 is 6.17. The number of carbonyl (C=O) groups is 1. The summed E-state index contributed by atoms with van der Waals surface area (Å²) in [6.45, 7) is 6.18. The standard InChI is InChI=1S/C16H20ClN3O2/c1-4-5-15(21)20-12-6-7-13(17)14(8-12)18-9-16-19-10(2)11(3)22-16/h6-8,18H,4-5,9H2,1-3H3,(H,20,21). The Bertz CT molecular complexity index is 648. The molecule has 0 aliphatic heterocycles. The molecule has 1 heterocycles. The van der Waals surface area contributed by atoms with E-state index in [4.69, 9.17) is 16.0 Å². The summed E-state index contributed by atoms with van der Waals surface area (Å²) in [5.41, 5.74) is 2.32. The van der Waals surface area contributed by atoms with E-state index in [1.54, 1.807) is 18.2 Å². The van der Waals surface area contributed by atoms with Gasteiger partial charge in [0.15, 0.2) is 0 Å². The number of nitrogens with one attached hydrogen (secondary N) is 2. The smallest absolute Gasteiger partial charge is 0.224 e. The van der Waals surface area contributed by atoms with E-state index in [0.29, 0.717) is 29.6 Å². The molecule has 1 aromatic carbocycles. The van der Waals surface area contributed by atoms with Gasteiger partial charge in [0.1, 0.15) is 5.76 Å². The number of hydrogen-bond donors (Lipinski definition) is 2. The van der Waals surface area contributed by atoms with E-state index in [1.165, 1.54) is 0 Å². The van der Waals surface area contributed by atoms with Crippen LogP contribution in [0.3, 0.4) is 0 Å². The van der Waals surface area contributed by atoms with E-state index in [0.717, 1.165) is 23.6 Å². The van der Waals surface area contributed by atoms with Gasteiger partial charge in [-0.15, -0.1) is 0 Å². The zero-order valence-electron chi connectivity index (χ0n) is 13.0. The van der Waals surface area contributed by atoms with Crippen molar-refractivity contribution in [3.63, 3.8) is 0 Å². The van der Waals surface area contributed by atoms with Gasteiger partial charge in [0.05, 0.1) is 22.9 Å². The summed E-state index contributed by atoms with van der Waals surface area (Å²) in [4.78, 5) is 15.9. The number of amides is 1. The molecule has 22 heavy (non-hydrogen) atoms. The molecule has 6 heteroatoms. The quantitative estimate of drug-likeness (QED) is 0.832. The molecular formula is C16H20ClN3O2. The number of oxazole rings is 1. The second-order valence-corrected chi connectivity index (χ2v) is 5.50. The van der Waals surface area contributed by atoms with Crippen LogP contribution in [0.1, 0.15) is 37.1 Å². The minimum absolute atomic E-state index is 0.00489. The molecule has 2 N–H and O–H groups in total. The molecule has 0 spiro atoms. The van der Waals surface area contributed by atoms with Crippen molar-refractivity contribution >= 4 is 28.9 Å². The molecule has 0 bridgehead atoms. The van der Waals surface area contributed by atoms with Gasteiger partial charge in [-0.25, -0.2) is 4.98 Å². The molecule has 0 unspecified atom stereocenters. The van der Waals surface area contributed by atoms with Crippen LogP contribution in [0.2, 0.25) is 5.02 Å². The lowest BCUT2D eigenvalue weighted by Crippen LogP contribution is -2.11. The Morgan fingerprint density at radius 3 is 2.77 bits per heavy atom. The van der Waals surface area contributed by atoms with Crippen molar-refractivity contribution in [2.45, 2.75) is 40.2 Å². The van der Waals surface area contributed by atoms with Crippen LogP contribution in [-0.2, 0) is 11.3 Å². The second-order valence-electron chi connectivity index (χ2n) is 5.10. The van der Waals surface area contributed by atoms with Gasteiger partial charge in [0, 0.05) is 12.1 Å². The zero-order chi connectivity index (χ0) is 16.1. The first-order chi connectivity index (χ1) is 10.5. The fourth-order valence-electron chi connectivity index (χ4n) is 1.97. The number of aromatic nitrogens is 1. The second kappa shape index (κ2) is 7.31. The highest BCUT2D eigenvalue weighted by molar-refractivity contribution is 6.33. The normalized spacial score (nSPS) is 10.5. The first kappa shape index (κ1) is 16.4. The molecule has 0 radical (unpaired) electrons. The van der Waals surface area contributed by atoms with Gasteiger partial charge >= 0.3 is 0 Å². The molecule has 0 fully saturated rings. The lowest BCUT2D eigenvalue weighted by molar-refractivity contribution is -0.116. The monoisotopic (exact) mass is 321 g/mol. The molecule has 118 valence electrons. The van der Waals surface area contributed by atoms with Crippen molar-refractivity contribution < 1.29 is 9.21 Å². The molecule has 0 atom stereocenters. The Morgan fingerprint density at radius 2 is 2.14 bits per heavy atom. The number of anilines is 2. The zero-order valence-corrected chi connectivity index (χ0v) is 13.8. The van der Waals surface area contributed by atoms with Gasteiger partial charge in [-0.05, 0) is 38.5 Å². The highest BCUT2D eigenvalue weighted by atomic mass is 35.5. The van der Waals surface area contributed by atoms with Crippen LogP contribution >= 0.6 is 11.6 Å². The van der Waals surface area contributed by atoms with Crippen LogP contribution in [0.5, 0.6) is 0 Å². The van der Waals surface area contributed by atoms with E-state index >= 15 is 0 Å². The minimum Gasteiger partial charge on any atom is -0.444 e. The summed E-state index contributed by atoms with van der Waals surface area (Å²) in [6.07, 6.45) is 1.31. The average Bonchev–Trinajstić information content (AvgIpc) is 2.78. The van der Waals surface area contributed by atoms with Gasteiger partial charge in [0.2, 0.25) is 11.8 Å². The molecule has 2 rings (SSSR count). The van der Waals surface area contributed by atoms with E-state index in [2.05, 4.69) is 15.6 Å². The van der Waals surface area contributed by atoms with Crippen LogP contribution in [0.25, 0.3) is 0 Å². The van der Waals surface area contributed by atoms with Crippen LogP contribution < -0.4 is 10.6 Å². The van der Waals surface area contributed by atoms with Gasteiger partial charge in [-0.1, -0.05) is 18.5 Å². The summed E-state index contributed by atoms with van der Waals surface area (Å²) in [6, 6.07) is 5.33. The van der Waals surface area contributed by atoms with Gasteiger partial charge in [-0.2, -0.15) is 0 Å². The molecule has 0 saturated heterocycles. The van der Waals surface area contributed by atoms with E-state index < -0.39 is 0 Å². The van der Waals surface area contributed by atoms with Gasteiger partial charge in [-0.3, -0.25) is 4.79 Å². The molecular weight excluding hydrogens is 302 g/mol. The SMILES string of the molecule is CCCC(=O)Nc1ccc(Cl)c(NCc2nc(C)c(C)o2)c1. The maximum atomic E-state index is 11.6. The van der Waals surface area contributed by atoms with Gasteiger partial charge in [0.25, 0.3) is 0 Å². The number of halogens is 1. The third-order valence-electron chi connectivity index (χ3n) is 3.23. The first-order valence-corrected chi connectivity index (χ1v) is 7.63. The van der Waals surface area contributed by atoms with Crippen molar-refractivity contribution in [1.29, 1.82) is 0 Å². The Hall–Kier alpha value is -2.01. The molecule has 1 aromatic heterocycles. The Labute approximate surface area is 135 Å². The number of aryl methyl sites for hydroxylation is 2. The molecule has 1 amide bonds. The Balaban J connectivity index is 2.04. The van der Waals surface area contributed by atoms with Crippen LogP contribution in [0.4, 0.5) is 11.4 Å². The van der Waals surface area contributed by atoms with Crippen LogP contribution in [0.15, 0.2) is 22.6 Å². The lowest BCUT2D eigenvalue weighted by atomic mass is 10.2. The summed E-state index contributed by atoms with van der Waals surface area (Å²) < 4.78 is 5.52. The highest BCUT2D eigenvalue weighted by Gasteiger charge is 2.08. The average molecular weight is 322 g/mol. The summed E-state index contributed by atoms with van der Waals surface area (Å²) in [7, 11) is 0. The highest BCUT2D eigenvalue weighted by Crippen LogP contribution is 2.26. The van der Waals surface area contributed by atoms with Crippen LogP contribution in [0, 0.1) is 13.8 Å². The lowest BCUT2D eigenvalue weighted by Gasteiger charge is -2.10. The predicted octanol–water partition coefficient (Wildman–Crippen LogP) is 4.30. The maximum absolute atomic E-state index is 11.6. The molecule has 2 aromatic rings. The molecule has 0 aliphatic rings. The largest absolute Gasteiger partial charge is 0.444 e. The molecule has 0 aliphatic carbocycles. The number of rotatable bonds is 6. The van der Waals surface area contributed by atoms with Crippen molar-refractivity contribution in [1.82, 2.24) is 4.98 Å². The first-order valence-electron chi connectivity index (χ1n) is 7.25. The molecule has 5 nitrogen and oxygen atoms in total. The topological polar surface area (TPSA) is 67.2 Å². The third kappa shape index (κ3) is 4.24. The third-order valence-corrected chi connectivity index (χ3v) is 3.56. The fourth-order valence-corrected chi connectivity index (χ4v) is 2.16. The Kier molecular flexibility index (Phi) is 5.44. The summed E-state index contributed by atoms with van der Waals surface area (Å²) in [5.74, 6) is 1.41. The number of carbonyl (C=O) groups excluding carboxylic acids is 1. The predicted molar refractivity (Wildman–Crippen MR) is 88.3 cm³/mol. The van der Waals surface area contributed by atoms with E-state index in [9.17, 15) is 4.79 Å². The summed E-state index contributed by atoms with van der Waals surface area (Å²) in [5, 5.41) is 6.60. The van der Waals surface area contributed by atoms with Gasteiger partial charge < -0.3 is 15.1 Å². The minimum atomic E-state index is -0.00489. The maximum Gasteiger partial charge on any atom is 0.224 e. The number of nitrogens with zero attached hydrogens (tertiary/aromatic N) is 1.